The van der Waals surface area contributed by atoms with E-state index in [2.05, 4.69) is 10.1 Å². The van der Waals surface area contributed by atoms with Crippen molar-refractivity contribution >= 4 is 23.2 Å². The number of pyridine rings is 1. The molecule has 5 nitrogen and oxygen atoms in total. The third-order valence-electron chi connectivity index (χ3n) is 2.83. The maximum atomic E-state index is 6.04. The van der Waals surface area contributed by atoms with Crippen molar-refractivity contribution in [2.24, 2.45) is 0 Å². The van der Waals surface area contributed by atoms with Crippen molar-refractivity contribution in [3.8, 4) is 16.9 Å². The Morgan fingerprint density at radius 2 is 2.11 bits per heavy atom. The Hall–Kier alpha value is -2.27. The Balaban J connectivity index is 2.20. The first-order valence-electron chi connectivity index (χ1n) is 5.63. The fraction of sp³-hybridized carbons (Fsp3) is 0.0769. The van der Waals surface area contributed by atoms with E-state index >= 15 is 0 Å². The van der Waals surface area contributed by atoms with Crippen molar-refractivity contribution in [2.75, 3.05) is 12.8 Å². The highest BCUT2D eigenvalue weighted by molar-refractivity contribution is 6.31. The highest BCUT2D eigenvalue weighted by Gasteiger charge is 2.09. The number of nitrogens with zero attached hydrogens (tertiary/aromatic N) is 3. The SMILES string of the molecule is COc1ccc(Cl)cc1-c1ccn2nc(N)nc2c1. The van der Waals surface area contributed by atoms with Gasteiger partial charge >= 0.3 is 0 Å². The molecule has 0 saturated heterocycles. The summed E-state index contributed by atoms with van der Waals surface area (Å²) in [5.74, 6) is 0.997. The van der Waals surface area contributed by atoms with Gasteiger partial charge in [-0.3, -0.25) is 0 Å². The van der Waals surface area contributed by atoms with Gasteiger partial charge in [-0.2, -0.15) is 4.98 Å². The molecule has 2 heterocycles. The van der Waals surface area contributed by atoms with E-state index in [1.54, 1.807) is 23.9 Å². The van der Waals surface area contributed by atoms with Gasteiger partial charge < -0.3 is 10.5 Å². The molecule has 19 heavy (non-hydrogen) atoms. The summed E-state index contributed by atoms with van der Waals surface area (Å²) in [5, 5.41) is 4.68. The Bertz CT molecular complexity index is 753. The molecule has 0 unspecified atom stereocenters. The number of rotatable bonds is 2. The predicted molar refractivity (Wildman–Crippen MR) is 74.4 cm³/mol. The van der Waals surface area contributed by atoms with Gasteiger partial charge in [0, 0.05) is 16.8 Å². The van der Waals surface area contributed by atoms with E-state index in [1.807, 2.05) is 24.3 Å². The van der Waals surface area contributed by atoms with Gasteiger partial charge in [0.15, 0.2) is 5.65 Å². The third kappa shape index (κ3) is 2.08. The molecular weight excluding hydrogens is 264 g/mol. The zero-order valence-corrected chi connectivity index (χ0v) is 10.9. The van der Waals surface area contributed by atoms with E-state index < -0.39 is 0 Å². The zero-order valence-electron chi connectivity index (χ0n) is 10.2. The van der Waals surface area contributed by atoms with Crippen LogP contribution in [-0.2, 0) is 0 Å². The molecule has 6 heteroatoms. The largest absolute Gasteiger partial charge is 0.496 e. The lowest BCUT2D eigenvalue weighted by Gasteiger charge is -2.09. The van der Waals surface area contributed by atoms with E-state index in [0.29, 0.717) is 10.7 Å². The van der Waals surface area contributed by atoms with Crippen LogP contribution in [0, 0.1) is 0 Å². The van der Waals surface area contributed by atoms with Crippen molar-refractivity contribution in [1.82, 2.24) is 14.6 Å². The van der Waals surface area contributed by atoms with Crippen molar-refractivity contribution in [2.45, 2.75) is 0 Å². The quantitative estimate of drug-likeness (QED) is 0.780. The lowest BCUT2D eigenvalue weighted by atomic mass is 10.1. The van der Waals surface area contributed by atoms with E-state index in [-0.39, 0.29) is 5.95 Å². The number of anilines is 1. The monoisotopic (exact) mass is 274 g/mol. The summed E-state index contributed by atoms with van der Waals surface area (Å²) in [6.45, 7) is 0. The maximum Gasteiger partial charge on any atom is 0.240 e. The van der Waals surface area contributed by atoms with E-state index in [1.165, 1.54) is 0 Å². The van der Waals surface area contributed by atoms with Crippen LogP contribution in [0.4, 0.5) is 5.95 Å². The summed E-state index contributed by atoms with van der Waals surface area (Å²) in [7, 11) is 1.63. The van der Waals surface area contributed by atoms with E-state index in [4.69, 9.17) is 22.1 Å². The van der Waals surface area contributed by atoms with Gasteiger partial charge in [-0.1, -0.05) is 11.6 Å². The molecule has 2 N–H and O–H groups in total. The zero-order chi connectivity index (χ0) is 13.4. The molecule has 3 aromatic rings. The number of ether oxygens (including phenoxy) is 1. The summed E-state index contributed by atoms with van der Waals surface area (Å²) in [6.07, 6.45) is 1.80. The van der Waals surface area contributed by atoms with Gasteiger partial charge in [-0.15, -0.1) is 5.10 Å². The normalized spacial score (nSPS) is 10.8. The number of halogens is 1. The van der Waals surface area contributed by atoms with Crippen LogP contribution >= 0.6 is 11.6 Å². The summed E-state index contributed by atoms with van der Waals surface area (Å²) < 4.78 is 6.97. The predicted octanol–water partition coefficient (Wildman–Crippen LogP) is 2.64. The molecule has 1 aromatic carbocycles. The van der Waals surface area contributed by atoms with Gasteiger partial charge in [0.2, 0.25) is 5.95 Å². The van der Waals surface area contributed by atoms with Crippen LogP contribution < -0.4 is 10.5 Å². The topological polar surface area (TPSA) is 65.4 Å². The number of aromatic nitrogens is 3. The summed E-state index contributed by atoms with van der Waals surface area (Å²) >= 11 is 6.04. The highest BCUT2D eigenvalue weighted by Crippen LogP contribution is 2.32. The van der Waals surface area contributed by atoms with Crippen LogP contribution in [0.15, 0.2) is 36.5 Å². The van der Waals surface area contributed by atoms with Gasteiger partial charge in [-0.25, -0.2) is 4.52 Å². The minimum Gasteiger partial charge on any atom is -0.496 e. The van der Waals surface area contributed by atoms with Crippen LogP contribution in [0.1, 0.15) is 0 Å². The smallest absolute Gasteiger partial charge is 0.240 e. The molecule has 0 amide bonds. The van der Waals surface area contributed by atoms with Crippen LogP contribution in [0.2, 0.25) is 5.02 Å². The van der Waals surface area contributed by atoms with Crippen molar-refractivity contribution in [1.29, 1.82) is 0 Å². The second kappa shape index (κ2) is 4.44. The Kier molecular flexibility index (Phi) is 2.76. The molecule has 0 spiro atoms. The number of nitrogens with two attached hydrogens (primary N) is 1. The molecule has 96 valence electrons. The van der Waals surface area contributed by atoms with Gasteiger partial charge in [0.05, 0.1) is 7.11 Å². The molecule has 0 aliphatic heterocycles. The molecular formula is C13H11ClN4O. The lowest BCUT2D eigenvalue weighted by Crippen LogP contribution is -1.91. The number of methoxy groups -OCH3 is 1. The van der Waals surface area contributed by atoms with Crippen molar-refractivity contribution in [3.63, 3.8) is 0 Å². The molecule has 3 rings (SSSR count). The molecule has 0 bridgehead atoms. The number of hydrogen-bond donors (Lipinski definition) is 1. The van der Waals surface area contributed by atoms with Gasteiger partial charge in [-0.05, 0) is 35.9 Å². The number of hydrogen-bond acceptors (Lipinski definition) is 4. The number of fused-ring (bicyclic) bond motifs is 1. The van der Waals surface area contributed by atoms with Crippen molar-refractivity contribution < 1.29 is 4.74 Å². The van der Waals surface area contributed by atoms with Gasteiger partial charge in [0.1, 0.15) is 5.75 Å². The molecule has 0 saturated carbocycles. The molecule has 0 aliphatic rings. The Labute approximate surface area is 114 Å². The Morgan fingerprint density at radius 1 is 1.26 bits per heavy atom. The van der Waals surface area contributed by atoms with Crippen LogP contribution in [0.5, 0.6) is 5.75 Å². The van der Waals surface area contributed by atoms with E-state index in [9.17, 15) is 0 Å². The van der Waals surface area contributed by atoms with Crippen LogP contribution in [-0.4, -0.2) is 21.7 Å². The third-order valence-corrected chi connectivity index (χ3v) is 3.06. The molecule has 2 aromatic heterocycles. The summed E-state index contributed by atoms with van der Waals surface area (Å²) in [4.78, 5) is 4.13. The molecule has 0 atom stereocenters. The second-order valence-corrected chi connectivity index (χ2v) is 4.47. The Morgan fingerprint density at radius 3 is 2.89 bits per heavy atom. The first kappa shape index (κ1) is 11.8. The van der Waals surface area contributed by atoms with Crippen molar-refractivity contribution in [3.05, 3.63) is 41.6 Å². The number of nitrogen functional groups attached to an aromatic ring is 1. The summed E-state index contributed by atoms with van der Waals surface area (Å²) in [5.41, 5.74) is 8.09. The molecule has 0 aliphatic carbocycles. The highest BCUT2D eigenvalue weighted by atomic mass is 35.5. The molecule has 0 fully saturated rings. The lowest BCUT2D eigenvalue weighted by molar-refractivity contribution is 0.416. The van der Waals surface area contributed by atoms with Crippen LogP contribution in [0.3, 0.4) is 0 Å². The minimum atomic E-state index is 0.246. The minimum absolute atomic E-state index is 0.246. The molecule has 0 radical (unpaired) electrons. The van der Waals surface area contributed by atoms with E-state index in [0.717, 1.165) is 16.9 Å². The summed E-state index contributed by atoms with van der Waals surface area (Å²) in [6, 6.07) is 9.27. The average Bonchev–Trinajstić information content (AvgIpc) is 2.77. The standard InChI is InChI=1S/C13H11ClN4O/c1-19-11-3-2-9(14)7-10(11)8-4-5-18-12(6-8)16-13(15)17-18/h2-7H,1H3,(H2,15,17). The van der Waals surface area contributed by atoms with Gasteiger partial charge in [0.25, 0.3) is 0 Å². The first-order chi connectivity index (χ1) is 9.17. The van der Waals surface area contributed by atoms with Crippen LogP contribution in [0.25, 0.3) is 16.8 Å². The average molecular weight is 275 g/mol. The number of benzene rings is 1. The first-order valence-corrected chi connectivity index (χ1v) is 6.01. The fourth-order valence-electron chi connectivity index (χ4n) is 1.97. The maximum absolute atomic E-state index is 6.04. The second-order valence-electron chi connectivity index (χ2n) is 4.03. The fourth-order valence-corrected chi connectivity index (χ4v) is 2.14.